The lowest BCUT2D eigenvalue weighted by Crippen LogP contribution is -2.28. The summed E-state index contributed by atoms with van der Waals surface area (Å²) < 4.78 is 1.49. The normalized spacial score (nSPS) is 13.0. The molecule has 5 nitrogen and oxygen atoms in total. The van der Waals surface area contributed by atoms with Crippen LogP contribution in [0.15, 0.2) is 24.4 Å². The zero-order valence-electron chi connectivity index (χ0n) is 7.71. The predicted molar refractivity (Wildman–Crippen MR) is 51.0 cm³/mol. The van der Waals surface area contributed by atoms with Gasteiger partial charge in [0.25, 0.3) is 0 Å². The fourth-order valence-electron chi connectivity index (χ4n) is 1.27. The van der Waals surface area contributed by atoms with E-state index >= 15 is 0 Å². The van der Waals surface area contributed by atoms with Crippen molar-refractivity contribution in [2.45, 2.75) is 13.0 Å². The highest BCUT2D eigenvalue weighted by Crippen LogP contribution is 2.06. The van der Waals surface area contributed by atoms with Gasteiger partial charge in [0, 0.05) is 0 Å². The second kappa shape index (κ2) is 3.19. The maximum Gasteiger partial charge on any atom is 0.197 e. The average molecular weight is 190 g/mol. The molecule has 1 unspecified atom stereocenters. The topological polar surface area (TPSA) is 73.3 Å². The number of ketones is 1. The molecule has 14 heavy (non-hydrogen) atoms. The molecule has 0 fully saturated rings. The fourth-order valence-corrected chi connectivity index (χ4v) is 1.27. The van der Waals surface area contributed by atoms with Crippen LogP contribution in [0.1, 0.15) is 17.4 Å². The van der Waals surface area contributed by atoms with E-state index in [-0.39, 0.29) is 5.78 Å². The van der Waals surface area contributed by atoms with Gasteiger partial charge in [-0.3, -0.25) is 4.79 Å². The summed E-state index contributed by atoms with van der Waals surface area (Å²) in [5.41, 5.74) is 6.77. The Morgan fingerprint density at radius 1 is 1.57 bits per heavy atom. The Labute approximate surface area is 80.5 Å². The molecule has 0 bridgehead atoms. The van der Waals surface area contributed by atoms with Crippen molar-refractivity contribution in [1.29, 1.82) is 0 Å². The third-order valence-electron chi connectivity index (χ3n) is 1.99. The van der Waals surface area contributed by atoms with Crippen molar-refractivity contribution in [3.63, 3.8) is 0 Å². The number of Topliss-reactive ketones (excluding diaryl/α,β-unsaturated/α-hetero) is 1. The highest BCUT2D eigenvalue weighted by atomic mass is 16.1. The van der Waals surface area contributed by atoms with Crippen LogP contribution in [-0.4, -0.2) is 26.7 Å². The first-order valence-corrected chi connectivity index (χ1v) is 4.29. The Bertz CT molecular complexity index is 474. The van der Waals surface area contributed by atoms with E-state index in [4.69, 9.17) is 5.73 Å². The maximum atomic E-state index is 11.6. The van der Waals surface area contributed by atoms with Crippen molar-refractivity contribution in [1.82, 2.24) is 14.8 Å². The molecule has 2 N–H and O–H groups in total. The van der Waals surface area contributed by atoms with Crippen LogP contribution in [0.25, 0.3) is 5.52 Å². The van der Waals surface area contributed by atoms with E-state index in [0.717, 1.165) is 5.52 Å². The largest absolute Gasteiger partial charge is 0.321 e. The zero-order valence-corrected chi connectivity index (χ0v) is 7.71. The van der Waals surface area contributed by atoms with Gasteiger partial charge < -0.3 is 5.73 Å². The van der Waals surface area contributed by atoms with Gasteiger partial charge in [0.05, 0.1) is 17.8 Å². The van der Waals surface area contributed by atoms with Gasteiger partial charge in [-0.15, -0.1) is 5.10 Å². The Hall–Kier alpha value is -1.75. The fraction of sp³-hybridized carbons (Fsp3) is 0.222. The highest BCUT2D eigenvalue weighted by molar-refractivity contribution is 5.98. The minimum atomic E-state index is -0.523. The summed E-state index contributed by atoms with van der Waals surface area (Å²) in [7, 11) is 0. The molecular formula is C9H10N4O. The van der Waals surface area contributed by atoms with Crippen LogP contribution < -0.4 is 5.73 Å². The number of hydrogen-bond donors (Lipinski definition) is 1. The smallest absolute Gasteiger partial charge is 0.197 e. The van der Waals surface area contributed by atoms with Crippen LogP contribution in [0.5, 0.6) is 0 Å². The molecule has 0 spiro atoms. The van der Waals surface area contributed by atoms with E-state index in [1.807, 2.05) is 6.07 Å². The molecular weight excluding hydrogens is 180 g/mol. The maximum absolute atomic E-state index is 11.6. The molecule has 72 valence electrons. The summed E-state index contributed by atoms with van der Waals surface area (Å²) >= 11 is 0. The lowest BCUT2D eigenvalue weighted by Gasteiger charge is -2.05. The van der Waals surface area contributed by atoms with Crippen molar-refractivity contribution in [3.05, 3.63) is 30.1 Å². The van der Waals surface area contributed by atoms with Crippen molar-refractivity contribution in [2.24, 2.45) is 5.73 Å². The Balaban J connectivity index is 2.62. The number of pyridine rings is 1. The standard InChI is InChI=1S/C9H10N4O/c1-6(10)9(14)8-4-2-3-7-5-11-12-13(7)8/h2-6H,10H2,1H3. The molecule has 2 heterocycles. The van der Waals surface area contributed by atoms with Gasteiger partial charge in [-0.2, -0.15) is 0 Å². The van der Waals surface area contributed by atoms with Gasteiger partial charge in [-0.05, 0) is 19.1 Å². The molecule has 0 aliphatic carbocycles. The van der Waals surface area contributed by atoms with E-state index in [9.17, 15) is 4.79 Å². The molecule has 2 aromatic heterocycles. The van der Waals surface area contributed by atoms with E-state index in [2.05, 4.69) is 10.3 Å². The molecule has 0 amide bonds. The lowest BCUT2D eigenvalue weighted by atomic mass is 10.1. The Morgan fingerprint density at radius 3 is 3.07 bits per heavy atom. The molecule has 0 aliphatic rings. The van der Waals surface area contributed by atoms with Gasteiger partial charge >= 0.3 is 0 Å². The van der Waals surface area contributed by atoms with Crippen molar-refractivity contribution < 1.29 is 4.79 Å². The van der Waals surface area contributed by atoms with Crippen LogP contribution in [-0.2, 0) is 0 Å². The first kappa shape index (κ1) is 8.83. The van der Waals surface area contributed by atoms with Gasteiger partial charge in [0.1, 0.15) is 5.69 Å². The van der Waals surface area contributed by atoms with Crippen LogP contribution in [0.2, 0.25) is 0 Å². The van der Waals surface area contributed by atoms with Gasteiger partial charge in [-0.25, -0.2) is 4.52 Å². The first-order valence-electron chi connectivity index (χ1n) is 4.29. The summed E-state index contributed by atoms with van der Waals surface area (Å²) in [5, 5.41) is 7.54. The van der Waals surface area contributed by atoms with Crippen molar-refractivity contribution in [3.8, 4) is 0 Å². The van der Waals surface area contributed by atoms with E-state index in [1.54, 1.807) is 25.3 Å². The average Bonchev–Trinajstić information content (AvgIpc) is 2.63. The summed E-state index contributed by atoms with van der Waals surface area (Å²) in [6, 6.07) is 4.78. The van der Waals surface area contributed by atoms with Crippen LogP contribution >= 0.6 is 0 Å². The van der Waals surface area contributed by atoms with Gasteiger partial charge in [-0.1, -0.05) is 11.3 Å². The monoisotopic (exact) mass is 190 g/mol. The summed E-state index contributed by atoms with van der Waals surface area (Å²) in [4.78, 5) is 11.6. The van der Waals surface area contributed by atoms with E-state index in [0.29, 0.717) is 5.69 Å². The third-order valence-corrected chi connectivity index (χ3v) is 1.99. The van der Waals surface area contributed by atoms with Crippen LogP contribution in [0.3, 0.4) is 0 Å². The Kier molecular flexibility index (Phi) is 2.01. The van der Waals surface area contributed by atoms with E-state index in [1.165, 1.54) is 4.52 Å². The number of hydrogen-bond acceptors (Lipinski definition) is 4. The first-order chi connectivity index (χ1) is 6.70. The number of rotatable bonds is 2. The molecule has 0 aliphatic heterocycles. The third kappa shape index (κ3) is 1.27. The molecule has 0 aromatic carbocycles. The lowest BCUT2D eigenvalue weighted by molar-refractivity contribution is 0.0960. The zero-order chi connectivity index (χ0) is 10.1. The molecule has 5 heteroatoms. The summed E-state index contributed by atoms with van der Waals surface area (Å²) in [6.07, 6.45) is 1.60. The van der Waals surface area contributed by atoms with Gasteiger partial charge in [0.2, 0.25) is 0 Å². The highest BCUT2D eigenvalue weighted by Gasteiger charge is 2.14. The second-order valence-corrected chi connectivity index (χ2v) is 3.13. The molecule has 0 saturated heterocycles. The number of nitrogens with two attached hydrogens (primary N) is 1. The minimum Gasteiger partial charge on any atom is -0.321 e. The second-order valence-electron chi connectivity index (χ2n) is 3.13. The number of carbonyl (C=O) groups excluding carboxylic acids is 1. The number of fused-ring (bicyclic) bond motifs is 1. The Morgan fingerprint density at radius 2 is 2.36 bits per heavy atom. The van der Waals surface area contributed by atoms with E-state index < -0.39 is 6.04 Å². The van der Waals surface area contributed by atoms with Crippen molar-refractivity contribution >= 4 is 11.3 Å². The summed E-state index contributed by atoms with van der Waals surface area (Å²) in [5.74, 6) is -0.138. The number of carbonyl (C=O) groups is 1. The molecule has 2 aromatic rings. The minimum absolute atomic E-state index is 0.138. The number of nitrogens with zero attached hydrogens (tertiary/aromatic N) is 3. The molecule has 0 radical (unpaired) electrons. The van der Waals surface area contributed by atoms with Crippen molar-refractivity contribution in [2.75, 3.05) is 0 Å². The quantitative estimate of drug-likeness (QED) is 0.689. The van der Waals surface area contributed by atoms with Crippen LogP contribution in [0, 0.1) is 0 Å². The molecule has 0 saturated carbocycles. The SMILES string of the molecule is CC(N)C(=O)c1cccc2cnnn12. The van der Waals surface area contributed by atoms with Crippen LogP contribution in [0.4, 0.5) is 0 Å². The molecule has 2 rings (SSSR count). The number of aromatic nitrogens is 3. The predicted octanol–water partition coefficient (Wildman–Crippen LogP) is 0.259. The summed E-state index contributed by atoms with van der Waals surface area (Å²) in [6.45, 7) is 1.65. The van der Waals surface area contributed by atoms with Gasteiger partial charge in [0.15, 0.2) is 5.78 Å². The molecule has 1 atom stereocenters.